The Balaban J connectivity index is 1.65. The molecule has 1 N–H and O–H groups in total. The molecule has 2 aromatic rings. The maximum atomic E-state index is 13.1. The summed E-state index contributed by atoms with van der Waals surface area (Å²) in [6, 6.07) is 10.1. The van der Waals surface area contributed by atoms with E-state index in [0.717, 1.165) is 0 Å². The minimum absolute atomic E-state index is 0.0210. The Morgan fingerprint density at radius 3 is 2.39 bits per heavy atom. The lowest BCUT2D eigenvalue weighted by molar-refractivity contribution is -0.118. The van der Waals surface area contributed by atoms with Gasteiger partial charge < -0.3 is 14.0 Å². The van der Waals surface area contributed by atoms with E-state index >= 15 is 0 Å². The second-order valence-electron chi connectivity index (χ2n) is 9.22. The summed E-state index contributed by atoms with van der Waals surface area (Å²) in [5.74, 6) is -1.14. The van der Waals surface area contributed by atoms with Crippen LogP contribution in [0.5, 0.6) is 0 Å². The third kappa shape index (κ3) is 5.44. The zero-order valence-corrected chi connectivity index (χ0v) is 20.1. The molecule has 33 heavy (non-hydrogen) atoms. The molecule has 0 atom stereocenters. The predicted molar refractivity (Wildman–Crippen MR) is 122 cm³/mol. The lowest BCUT2D eigenvalue weighted by atomic mass is 9.90. The van der Waals surface area contributed by atoms with Crippen LogP contribution in [0.1, 0.15) is 56.6 Å². The number of hydrogen-bond donors (Lipinski definition) is 1. The van der Waals surface area contributed by atoms with Gasteiger partial charge in [0.2, 0.25) is 11.8 Å². The fraction of sp³-hybridized carbons (Fsp3) is 0.522. The van der Waals surface area contributed by atoms with Crippen LogP contribution in [0, 0.1) is 0 Å². The lowest BCUT2D eigenvalue weighted by Gasteiger charge is -2.30. The van der Waals surface area contributed by atoms with Crippen molar-refractivity contribution in [3.05, 3.63) is 47.7 Å². The van der Waals surface area contributed by atoms with E-state index in [-0.39, 0.29) is 12.5 Å². The first-order valence-corrected chi connectivity index (χ1v) is 12.3. The second-order valence-corrected chi connectivity index (χ2v) is 12.0. The van der Waals surface area contributed by atoms with Crippen molar-refractivity contribution in [2.75, 3.05) is 25.1 Å². The van der Waals surface area contributed by atoms with E-state index < -0.39 is 37.1 Å². The highest BCUT2D eigenvalue weighted by Crippen LogP contribution is 2.30. The van der Waals surface area contributed by atoms with Crippen molar-refractivity contribution in [2.24, 2.45) is 0 Å². The van der Waals surface area contributed by atoms with Gasteiger partial charge in [-0.1, -0.05) is 37.2 Å². The molecule has 1 amide bonds. The Kier molecular flexibility index (Phi) is 7.28. The van der Waals surface area contributed by atoms with Gasteiger partial charge >= 0.3 is 5.97 Å². The van der Waals surface area contributed by atoms with Gasteiger partial charge in [0.25, 0.3) is 0 Å². The molecular weight excluding hydrogens is 448 g/mol. The molecular formula is C23H30N2O7S. The van der Waals surface area contributed by atoms with Crippen LogP contribution in [0.3, 0.4) is 0 Å². The molecule has 1 fully saturated rings. The van der Waals surface area contributed by atoms with E-state index in [2.05, 4.69) is 10.5 Å². The molecule has 1 aromatic carbocycles. The number of carbonyl (C=O) groups is 2. The van der Waals surface area contributed by atoms with Gasteiger partial charge in [-0.3, -0.25) is 10.1 Å². The highest BCUT2D eigenvalue weighted by Gasteiger charge is 2.47. The number of hydrogen-bond acceptors (Lipinski definition) is 8. The van der Waals surface area contributed by atoms with Crippen LogP contribution < -0.4 is 5.32 Å². The van der Waals surface area contributed by atoms with Crippen LogP contribution in [0.4, 0.5) is 5.88 Å². The number of rotatable bonds is 8. The number of esters is 1. The summed E-state index contributed by atoms with van der Waals surface area (Å²) < 4.78 is 40.3. The maximum Gasteiger partial charge on any atom is 0.338 e. The number of benzene rings is 1. The highest BCUT2D eigenvalue weighted by molar-refractivity contribution is 7.94. The summed E-state index contributed by atoms with van der Waals surface area (Å²) in [4.78, 5) is 25.1. The number of ether oxygens (including phenoxy) is 2. The Hall–Kier alpha value is -2.72. The molecule has 1 aliphatic rings. The van der Waals surface area contributed by atoms with E-state index in [0.29, 0.717) is 37.3 Å². The fourth-order valence-electron chi connectivity index (χ4n) is 3.43. The molecule has 0 radical (unpaired) electrons. The van der Waals surface area contributed by atoms with Gasteiger partial charge in [-0.15, -0.1) is 0 Å². The molecule has 10 heteroatoms. The molecule has 180 valence electrons. The van der Waals surface area contributed by atoms with Crippen LogP contribution in [-0.2, 0) is 29.5 Å². The zero-order chi connectivity index (χ0) is 24.3. The predicted octanol–water partition coefficient (Wildman–Crippen LogP) is 3.12. The summed E-state index contributed by atoms with van der Waals surface area (Å²) in [7, 11) is -3.76. The second kappa shape index (κ2) is 9.64. The number of aromatic nitrogens is 1. The van der Waals surface area contributed by atoms with E-state index in [1.807, 2.05) is 19.9 Å². The van der Waals surface area contributed by atoms with Crippen molar-refractivity contribution in [3.8, 4) is 0 Å². The number of nitrogens with zero attached hydrogens (tertiary/aromatic N) is 1. The molecule has 0 bridgehead atoms. The first-order chi connectivity index (χ1) is 15.4. The zero-order valence-electron chi connectivity index (χ0n) is 19.3. The molecule has 2 heterocycles. The smallest absolute Gasteiger partial charge is 0.338 e. The molecule has 3 rings (SSSR count). The summed E-state index contributed by atoms with van der Waals surface area (Å²) in [5, 5.41) is 5.87. The molecule has 0 saturated carbocycles. The van der Waals surface area contributed by atoms with E-state index in [4.69, 9.17) is 14.0 Å². The van der Waals surface area contributed by atoms with Crippen LogP contribution in [0.15, 0.2) is 40.9 Å². The van der Waals surface area contributed by atoms with Gasteiger partial charge in [0.1, 0.15) is 11.4 Å². The maximum absolute atomic E-state index is 13.1. The van der Waals surface area contributed by atoms with Gasteiger partial charge in [-0.05, 0) is 38.8 Å². The number of carbonyl (C=O) groups excluding carboxylic acids is 2. The monoisotopic (exact) mass is 478 g/mol. The molecule has 1 aliphatic heterocycles. The van der Waals surface area contributed by atoms with Gasteiger partial charge in [0, 0.05) is 24.7 Å². The fourth-order valence-corrected chi connectivity index (χ4v) is 5.38. The average Bonchev–Trinajstić information content (AvgIpc) is 3.28. The Morgan fingerprint density at radius 1 is 1.12 bits per heavy atom. The number of anilines is 1. The van der Waals surface area contributed by atoms with Crippen LogP contribution >= 0.6 is 0 Å². The Labute approximate surface area is 193 Å². The van der Waals surface area contributed by atoms with Crippen molar-refractivity contribution >= 4 is 27.6 Å². The summed E-state index contributed by atoms with van der Waals surface area (Å²) in [5.41, 5.74) is 0.179. The minimum atomic E-state index is -3.76. The third-order valence-electron chi connectivity index (χ3n) is 5.88. The van der Waals surface area contributed by atoms with Gasteiger partial charge in [0.05, 0.1) is 16.5 Å². The topological polar surface area (TPSA) is 125 Å². The van der Waals surface area contributed by atoms with Crippen molar-refractivity contribution in [1.82, 2.24) is 5.16 Å². The van der Waals surface area contributed by atoms with Crippen LogP contribution in [0.2, 0.25) is 0 Å². The Morgan fingerprint density at radius 2 is 1.76 bits per heavy atom. The first kappa shape index (κ1) is 24.9. The van der Waals surface area contributed by atoms with Crippen LogP contribution in [0.25, 0.3) is 0 Å². The van der Waals surface area contributed by atoms with E-state index in [9.17, 15) is 18.0 Å². The standard InChI is InChI=1S/C23H30N2O7S/c1-22(2,15-31-20(26)16-8-6-5-7-9-16)18-14-19(32-25-18)24-21(27)23(3,4)33(28,29)17-10-12-30-13-11-17/h5-9,14,17H,10-13,15H2,1-4H3,(H,24,27). The van der Waals surface area contributed by atoms with E-state index in [1.54, 1.807) is 24.3 Å². The highest BCUT2D eigenvalue weighted by atomic mass is 32.2. The Bertz CT molecular complexity index is 1090. The van der Waals surface area contributed by atoms with Gasteiger partial charge in [-0.25, -0.2) is 13.2 Å². The quantitative estimate of drug-likeness (QED) is 0.574. The molecule has 0 aliphatic carbocycles. The number of sulfone groups is 1. The SMILES string of the molecule is CC(C)(COC(=O)c1ccccc1)c1cc(NC(=O)C(C)(C)S(=O)(=O)C2CCOCC2)on1. The summed E-state index contributed by atoms with van der Waals surface area (Å²) in [6.45, 7) is 7.15. The van der Waals surface area contributed by atoms with Gasteiger partial charge in [-0.2, -0.15) is 0 Å². The summed E-state index contributed by atoms with van der Waals surface area (Å²) in [6.07, 6.45) is 0.725. The van der Waals surface area contributed by atoms with Crippen molar-refractivity contribution in [1.29, 1.82) is 0 Å². The molecule has 9 nitrogen and oxygen atoms in total. The molecule has 0 spiro atoms. The minimum Gasteiger partial charge on any atom is -0.461 e. The summed E-state index contributed by atoms with van der Waals surface area (Å²) >= 11 is 0. The lowest BCUT2D eigenvalue weighted by Crippen LogP contribution is -2.50. The molecule has 1 saturated heterocycles. The van der Waals surface area contributed by atoms with Crippen molar-refractivity contribution < 1.29 is 32.0 Å². The van der Waals surface area contributed by atoms with Crippen LogP contribution in [-0.4, -0.2) is 55.3 Å². The van der Waals surface area contributed by atoms with Crippen molar-refractivity contribution in [2.45, 2.75) is 55.9 Å². The van der Waals surface area contributed by atoms with Gasteiger partial charge in [0.15, 0.2) is 9.84 Å². The van der Waals surface area contributed by atoms with Crippen molar-refractivity contribution in [3.63, 3.8) is 0 Å². The molecule has 1 aromatic heterocycles. The molecule has 0 unspecified atom stereocenters. The average molecular weight is 479 g/mol. The third-order valence-corrected chi connectivity index (χ3v) is 8.84. The first-order valence-electron chi connectivity index (χ1n) is 10.8. The largest absolute Gasteiger partial charge is 0.461 e. The number of amides is 1. The number of nitrogens with one attached hydrogen (secondary N) is 1. The normalized spacial score (nSPS) is 15.8. The van der Waals surface area contributed by atoms with E-state index in [1.165, 1.54) is 19.9 Å².